The summed E-state index contributed by atoms with van der Waals surface area (Å²) in [6.07, 6.45) is 0.776. The van der Waals surface area contributed by atoms with Gasteiger partial charge in [-0.15, -0.1) is 0 Å². The fourth-order valence-electron chi connectivity index (χ4n) is 1.70. The summed E-state index contributed by atoms with van der Waals surface area (Å²) in [6, 6.07) is 0.174. The van der Waals surface area contributed by atoms with Gasteiger partial charge in [0.05, 0.1) is 5.92 Å². The van der Waals surface area contributed by atoms with Crippen molar-refractivity contribution in [1.82, 2.24) is 5.32 Å². The molecule has 0 unspecified atom stereocenters. The number of hydrogen-bond acceptors (Lipinski definition) is 2. The summed E-state index contributed by atoms with van der Waals surface area (Å²) in [5.74, 6) is -0.415. The van der Waals surface area contributed by atoms with Crippen LogP contribution in [0.1, 0.15) is 20.3 Å². The van der Waals surface area contributed by atoms with Crippen LogP contribution in [-0.2, 0) is 4.79 Å². The average molecular weight is 157 g/mol. The van der Waals surface area contributed by atoms with Gasteiger partial charge in [0.2, 0.25) is 0 Å². The molecule has 0 amide bonds. The molecule has 11 heavy (non-hydrogen) atoms. The highest BCUT2D eigenvalue weighted by Gasteiger charge is 2.34. The van der Waals surface area contributed by atoms with Gasteiger partial charge < -0.3 is 10.4 Å². The molecule has 1 heterocycles. The van der Waals surface area contributed by atoms with Crippen LogP contribution in [0.2, 0.25) is 0 Å². The Kier molecular flexibility index (Phi) is 2.49. The lowest BCUT2D eigenvalue weighted by Gasteiger charge is -2.19. The van der Waals surface area contributed by atoms with E-state index in [0.717, 1.165) is 13.0 Å². The molecule has 0 aromatic rings. The van der Waals surface area contributed by atoms with Crippen molar-refractivity contribution < 1.29 is 9.90 Å². The van der Waals surface area contributed by atoms with Crippen LogP contribution in [0.25, 0.3) is 0 Å². The van der Waals surface area contributed by atoms with Crippen LogP contribution in [0.4, 0.5) is 0 Å². The Hall–Kier alpha value is -0.570. The minimum atomic E-state index is -0.659. The van der Waals surface area contributed by atoms with E-state index in [1.165, 1.54) is 0 Å². The molecule has 0 aromatic heterocycles. The van der Waals surface area contributed by atoms with Crippen molar-refractivity contribution in [3.8, 4) is 0 Å². The first kappa shape index (κ1) is 8.53. The van der Waals surface area contributed by atoms with Crippen molar-refractivity contribution in [2.45, 2.75) is 26.3 Å². The first-order valence-corrected chi connectivity index (χ1v) is 4.09. The van der Waals surface area contributed by atoms with Gasteiger partial charge in [-0.2, -0.15) is 0 Å². The highest BCUT2D eigenvalue weighted by atomic mass is 16.4. The lowest BCUT2D eigenvalue weighted by atomic mass is 9.92. The molecular weight excluding hydrogens is 142 g/mol. The average Bonchev–Trinajstić information content (AvgIpc) is 2.32. The summed E-state index contributed by atoms with van der Waals surface area (Å²) < 4.78 is 0. The maximum Gasteiger partial charge on any atom is 0.308 e. The second-order valence-electron chi connectivity index (χ2n) is 3.46. The molecule has 1 saturated heterocycles. The fourth-order valence-corrected chi connectivity index (χ4v) is 1.70. The zero-order valence-corrected chi connectivity index (χ0v) is 7.00. The summed E-state index contributed by atoms with van der Waals surface area (Å²) in [4.78, 5) is 10.7. The molecule has 3 nitrogen and oxygen atoms in total. The Balaban J connectivity index is 2.58. The van der Waals surface area contributed by atoms with E-state index in [2.05, 4.69) is 19.2 Å². The molecular formula is C8H15NO2. The molecule has 0 aromatic carbocycles. The number of carboxylic acids is 1. The van der Waals surface area contributed by atoms with E-state index in [9.17, 15) is 4.79 Å². The quantitative estimate of drug-likeness (QED) is 0.620. The van der Waals surface area contributed by atoms with E-state index in [0.29, 0.717) is 5.92 Å². The van der Waals surface area contributed by atoms with Crippen LogP contribution in [0, 0.1) is 11.8 Å². The summed E-state index contributed by atoms with van der Waals surface area (Å²) in [7, 11) is 0. The first-order valence-electron chi connectivity index (χ1n) is 4.09. The van der Waals surface area contributed by atoms with Crippen LogP contribution in [0.3, 0.4) is 0 Å². The van der Waals surface area contributed by atoms with Crippen molar-refractivity contribution in [3.63, 3.8) is 0 Å². The van der Waals surface area contributed by atoms with Crippen molar-refractivity contribution >= 4 is 5.97 Å². The molecule has 1 rings (SSSR count). The Labute approximate surface area is 66.8 Å². The summed E-state index contributed by atoms with van der Waals surface area (Å²) >= 11 is 0. The van der Waals surface area contributed by atoms with Gasteiger partial charge in [-0.3, -0.25) is 4.79 Å². The molecule has 0 spiro atoms. The van der Waals surface area contributed by atoms with Gasteiger partial charge in [0.25, 0.3) is 0 Å². The topological polar surface area (TPSA) is 49.3 Å². The molecule has 0 bridgehead atoms. The summed E-state index contributed by atoms with van der Waals surface area (Å²) in [6.45, 7) is 4.96. The Morgan fingerprint density at radius 1 is 1.64 bits per heavy atom. The lowest BCUT2D eigenvalue weighted by Crippen LogP contribution is -2.35. The zero-order chi connectivity index (χ0) is 8.43. The molecule has 0 radical (unpaired) electrons. The normalized spacial score (nSPS) is 31.2. The second kappa shape index (κ2) is 3.22. The number of carbonyl (C=O) groups is 1. The predicted molar refractivity (Wildman–Crippen MR) is 42.4 cm³/mol. The third kappa shape index (κ3) is 1.71. The minimum Gasteiger partial charge on any atom is -0.481 e. The van der Waals surface area contributed by atoms with Gasteiger partial charge in [-0.25, -0.2) is 0 Å². The highest BCUT2D eigenvalue weighted by molar-refractivity contribution is 5.71. The van der Waals surface area contributed by atoms with Gasteiger partial charge in [0.15, 0.2) is 0 Å². The summed E-state index contributed by atoms with van der Waals surface area (Å²) in [5.41, 5.74) is 0. The van der Waals surface area contributed by atoms with E-state index >= 15 is 0 Å². The molecule has 64 valence electrons. The molecule has 2 atom stereocenters. The number of rotatable bonds is 2. The van der Waals surface area contributed by atoms with Crippen LogP contribution < -0.4 is 5.32 Å². The lowest BCUT2D eigenvalue weighted by molar-refractivity contribution is -0.142. The number of aliphatic carboxylic acids is 1. The van der Waals surface area contributed by atoms with Gasteiger partial charge in [-0.1, -0.05) is 13.8 Å². The monoisotopic (exact) mass is 157 g/mol. The van der Waals surface area contributed by atoms with Gasteiger partial charge in [0, 0.05) is 6.04 Å². The third-order valence-electron chi connectivity index (χ3n) is 2.30. The SMILES string of the molecule is CC(C)[C@@H]1NCC[C@H]1C(=O)O. The molecule has 2 N–H and O–H groups in total. The van der Waals surface area contributed by atoms with E-state index in [1.54, 1.807) is 0 Å². The Bertz CT molecular complexity index is 156. The van der Waals surface area contributed by atoms with Crippen molar-refractivity contribution in [2.75, 3.05) is 6.54 Å². The smallest absolute Gasteiger partial charge is 0.308 e. The van der Waals surface area contributed by atoms with Crippen molar-refractivity contribution in [3.05, 3.63) is 0 Å². The van der Waals surface area contributed by atoms with Crippen LogP contribution in [0.15, 0.2) is 0 Å². The van der Waals surface area contributed by atoms with Crippen LogP contribution in [0.5, 0.6) is 0 Å². The van der Waals surface area contributed by atoms with E-state index in [4.69, 9.17) is 5.11 Å². The van der Waals surface area contributed by atoms with E-state index < -0.39 is 5.97 Å². The maximum absolute atomic E-state index is 10.7. The molecule has 3 heteroatoms. The Morgan fingerprint density at radius 3 is 2.64 bits per heavy atom. The van der Waals surface area contributed by atoms with Crippen molar-refractivity contribution in [1.29, 1.82) is 0 Å². The highest BCUT2D eigenvalue weighted by Crippen LogP contribution is 2.21. The van der Waals surface area contributed by atoms with E-state index in [1.807, 2.05) is 0 Å². The number of nitrogens with one attached hydrogen (secondary N) is 1. The first-order chi connectivity index (χ1) is 5.13. The molecule has 0 aliphatic carbocycles. The second-order valence-corrected chi connectivity index (χ2v) is 3.46. The summed E-state index contributed by atoms with van der Waals surface area (Å²) in [5, 5.41) is 12.0. The fraction of sp³-hybridized carbons (Fsp3) is 0.875. The predicted octanol–water partition coefficient (Wildman–Crippen LogP) is 0.705. The van der Waals surface area contributed by atoms with Gasteiger partial charge >= 0.3 is 5.97 Å². The zero-order valence-electron chi connectivity index (χ0n) is 7.00. The maximum atomic E-state index is 10.7. The van der Waals surface area contributed by atoms with Gasteiger partial charge in [0.1, 0.15) is 0 Å². The van der Waals surface area contributed by atoms with Crippen LogP contribution >= 0.6 is 0 Å². The molecule has 1 fully saturated rings. The number of carboxylic acid groups (broad SMARTS) is 1. The minimum absolute atomic E-state index is 0.171. The third-order valence-corrected chi connectivity index (χ3v) is 2.30. The molecule has 1 aliphatic rings. The largest absolute Gasteiger partial charge is 0.481 e. The van der Waals surface area contributed by atoms with Gasteiger partial charge in [-0.05, 0) is 18.9 Å². The Morgan fingerprint density at radius 2 is 2.27 bits per heavy atom. The van der Waals surface area contributed by atoms with E-state index in [-0.39, 0.29) is 12.0 Å². The number of hydrogen-bond donors (Lipinski definition) is 2. The van der Waals surface area contributed by atoms with Crippen LogP contribution in [-0.4, -0.2) is 23.7 Å². The molecule has 1 aliphatic heterocycles. The molecule has 0 saturated carbocycles. The van der Waals surface area contributed by atoms with Crippen molar-refractivity contribution in [2.24, 2.45) is 11.8 Å². The standard InChI is InChI=1S/C8H15NO2/c1-5(2)7-6(8(10)11)3-4-9-7/h5-7,9H,3-4H2,1-2H3,(H,10,11)/t6-,7+/m1/s1.